The van der Waals surface area contributed by atoms with Gasteiger partial charge in [-0.25, -0.2) is 0 Å². The van der Waals surface area contributed by atoms with E-state index in [2.05, 4.69) is 0 Å². The fourth-order valence-corrected chi connectivity index (χ4v) is 2.53. The number of carbonyl (C=O) groups excluding carboxylic acids is 3. The number of ether oxygens (including phenoxy) is 1. The van der Waals surface area contributed by atoms with Crippen LogP contribution in [0.15, 0.2) is 60.7 Å². The van der Waals surface area contributed by atoms with Gasteiger partial charge in [0.25, 0.3) is 5.91 Å². The molecule has 2 aromatic rings. The molecule has 2 rings (SSSR count). The van der Waals surface area contributed by atoms with Crippen molar-refractivity contribution in [3.63, 3.8) is 0 Å². The summed E-state index contributed by atoms with van der Waals surface area (Å²) in [5.74, 6) is -3.42. The Morgan fingerprint density at radius 1 is 0.964 bits per heavy atom. The number of imide groups is 1. The second kappa shape index (κ2) is 9.16. The van der Waals surface area contributed by atoms with Crippen molar-refractivity contribution in [2.24, 2.45) is 0 Å². The molecule has 0 saturated heterocycles. The van der Waals surface area contributed by atoms with Gasteiger partial charge in [-0.15, -0.1) is 0 Å². The summed E-state index contributed by atoms with van der Waals surface area (Å²) >= 11 is 0. The Balaban J connectivity index is 2.19. The zero-order valence-corrected chi connectivity index (χ0v) is 15.0. The number of halogens is 3. The third kappa shape index (κ3) is 5.67. The molecule has 2 aromatic carbocycles. The van der Waals surface area contributed by atoms with E-state index < -0.39 is 36.4 Å². The topological polar surface area (TPSA) is 63.7 Å². The van der Waals surface area contributed by atoms with Gasteiger partial charge in [-0.3, -0.25) is 19.3 Å². The Kier molecular flexibility index (Phi) is 6.92. The Hall–Kier alpha value is -3.16. The molecule has 0 radical (unpaired) electrons. The fourth-order valence-electron chi connectivity index (χ4n) is 2.53. The molecule has 0 aliphatic heterocycles. The van der Waals surface area contributed by atoms with Gasteiger partial charge in [0, 0.05) is 12.5 Å². The monoisotopic (exact) mass is 393 g/mol. The van der Waals surface area contributed by atoms with Crippen LogP contribution in [0.2, 0.25) is 0 Å². The average Bonchev–Trinajstić information content (AvgIpc) is 2.66. The molecule has 0 heterocycles. The predicted molar refractivity (Wildman–Crippen MR) is 94.0 cm³/mol. The number of carbonyl (C=O) groups is 3. The largest absolute Gasteiger partial charge is 0.461 e. The molecule has 0 aliphatic carbocycles. The molecular formula is C20H18F3NO4. The lowest BCUT2D eigenvalue weighted by atomic mass is 10.1. The SMILES string of the molecule is CC(=O)N(C(=O)c1ccccc1)C(CC(=O)OCc1ccccc1)C(F)(F)F. The first-order valence-electron chi connectivity index (χ1n) is 8.35. The van der Waals surface area contributed by atoms with Crippen LogP contribution >= 0.6 is 0 Å². The smallest absolute Gasteiger partial charge is 0.409 e. The molecule has 1 unspecified atom stereocenters. The number of hydrogen-bond donors (Lipinski definition) is 0. The average molecular weight is 393 g/mol. The van der Waals surface area contributed by atoms with Crippen LogP contribution < -0.4 is 0 Å². The molecule has 28 heavy (non-hydrogen) atoms. The molecule has 0 N–H and O–H groups in total. The van der Waals surface area contributed by atoms with E-state index >= 15 is 0 Å². The van der Waals surface area contributed by atoms with Crippen LogP contribution in [0, 0.1) is 0 Å². The van der Waals surface area contributed by atoms with Crippen LogP contribution in [0.4, 0.5) is 13.2 Å². The highest BCUT2D eigenvalue weighted by Crippen LogP contribution is 2.29. The molecule has 1 atom stereocenters. The maximum Gasteiger partial charge on any atom is 0.409 e. The molecule has 148 valence electrons. The second-order valence-corrected chi connectivity index (χ2v) is 5.97. The highest BCUT2D eigenvalue weighted by atomic mass is 19.4. The molecule has 0 bridgehead atoms. The lowest BCUT2D eigenvalue weighted by molar-refractivity contribution is -0.189. The third-order valence-corrected chi connectivity index (χ3v) is 3.87. The quantitative estimate of drug-likeness (QED) is 0.702. The van der Waals surface area contributed by atoms with Gasteiger partial charge < -0.3 is 4.74 Å². The Morgan fingerprint density at radius 3 is 2.00 bits per heavy atom. The van der Waals surface area contributed by atoms with E-state index in [-0.39, 0.29) is 17.1 Å². The van der Waals surface area contributed by atoms with E-state index in [1.165, 1.54) is 24.3 Å². The van der Waals surface area contributed by atoms with Gasteiger partial charge >= 0.3 is 12.1 Å². The Labute approximate surface area is 159 Å². The number of rotatable bonds is 6. The van der Waals surface area contributed by atoms with Gasteiger partial charge in [0.1, 0.15) is 12.6 Å². The second-order valence-electron chi connectivity index (χ2n) is 5.97. The number of hydrogen-bond acceptors (Lipinski definition) is 4. The van der Waals surface area contributed by atoms with E-state index in [1.54, 1.807) is 36.4 Å². The van der Waals surface area contributed by atoms with Crippen LogP contribution in [0.3, 0.4) is 0 Å². The zero-order chi connectivity index (χ0) is 20.7. The number of alkyl halides is 3. The summed E-state index contributed by atoms with van der Waals surface area (Å²) in [5, 5.41) is 0. The molecule has 2 amide bonds. The Morgan fingerprint density at radius 2 is 1.50 bits per heavy atom. The fraction of sp³-hybridized carbons (Fsp3) is 0.250. The third-order valence-electron chi connectivity index (χ3n) is 3.87. The summed E-state index contributed by atoms with van der Waals surface area (Å²) in [6, 6.07) is 12.9. The van der Waals surface area contributed by atoms with Crippen molar-refractivity contribution < 1.29 is 32.3 Å². The van der Waals surface area contributed by atoms with Gasteiger partial charge in [-0.05, 0) is 17.7 Å². The molecule has 0 fully saturated rings. The van der Waals surface area contributed by atoms with Gasteiger partial charge in [-0.1, -0.05) is 48.5 Å². The highest BCUT2D eigenvalue weighted by Gasteiger charge is 2.48. The predicted octanol–water partition coefficient (Wildman–Crippen LogP) is 3.74. The Bertz CT molecular complexity index is 822. The first-order chi connectivity index (χ1) is 13.2. The van der Waals surface area contributed by atoms with Crippen molar-refractivity contribution in [1.29, 1.82) is 0 Å². The number of nitrogens with zero attached hydrogens (tertiary/aromatic N) is 1. The number of benzene rings is 2. The maximum atomic E-state index is 13.6. The van der Waals surface area contributed by atoms with E-state index in [0.29, 0.717) is 5.56 Å². The van der Waals surface area contributed by atoms with Gasteiger partial charge in [-0.2, -0.15) is 13.2 Å². The standard InChI is InChI=1S/C20H18F3NO4/c1-14(25)24(19(27)16-10-6-3-7-11-16)17(20(21,22)23)12-18(26)28-13-15-8-4-2-5-9-15/h2-11,17H,12-13H2,1H3. The lowest BCUT2D eigenvalue weighted by Crippen LogP contribution is -2.52. The van der Waals surface area contributed by atoms with E-state index in [0.717, 1.165) is 6.92 Å². The minimum Gasteiger partial charge on any atom is -0.461 e. The molecular weight excluding hydrogens is 375 g/mol. The summed E-state index contributed by atoms with van der Waals surface area (Å²) in [6.45, 7) is 0.631. The zero-order valence-electron chi connectivity index (χ0n) is 15.0. The maximum absolute atomic E-state index is 13.6. The van der Waals surface area contributed by atoms with Crippen molar-refractivity contribution in [1.82, 2.24) is 4.90 Å². The van der Waals surface area contributed by atoms with Crippen molar-refractivity contribution in [3.8, 4) is 0 Å². The summed E-state index contributed by atoms with van der Waals surface area (Å²) in [6.07, 6.45) is -6.18. The first kappa shape index (κ1) is 21.1. The van der Waals surface area contributed by atoms with E-state index in [9.17, 15) is 27.6 Å². The van der Waals surface area contributed by atoms with Crippen molar-refractivity contribution >= 4 is 17.8 Å². The van der Waals surface area contributed by atoms with E-state index in [4.69, 9.17) is 4.74 Å². The van der Waals surface area contributed by atoms with Gasteiger partial charge in [0.05, 0.1) is 6.42 Å². The number of amides is 2. The normalized spacial score (nSPS) is 12.1. The summed E-state index contributed by atoms with van der Waals surface area (Å²) in [5.41, 5.74) is 0.507. The van der Waals surface area contributed by atoms with Crippen molar-refractivity contribution in [2.75, 3.05) is 0 Å². The molecule has 0 aromatic heterocycles. The lowest BCUT2D eigenvalue weighted by Gasteiger charge is -2.30. The molecule has 0 aliphatic rings. The summed E-state index contributed by atoms with van der Waals surface area (Å²) in [7, 11) is 0. The minimum absolute atomic E-state index is 0.0547. The van der Waals surface area contributed by atoms with Gasteiger partial charge in [0.2, 0.25) is 5.91 Å². The minimum atomic E-state index is -5.00. The molecule has 8 heteroatoms. The van der Waals surface area contributed by atoms with Crippen molar-refractivity contribution in [3.05, 3.63) is 71.8 Å². The molecule has 5 nitrogen and oxygen atoms in total. The first-order valence-corrected chi connectivity index (χ1v) is 8.35. The molecule has 0 saturated carbocycles. The highest BCUT2D eigenvalue weighted by molar-refractivity contribution is 6.04. The summed E-state index contributed by atoms with van der Waals surface area (Å²) < 4.78 is 45.6. The van der Waals surface area contributed by atoms with Crippen LogP contribution in [0.5, 0.6) is 0 Å². The number of esters is 1. The van der Waals surface area contributed by atoms with Crippen LogP contribution in [0.1, 0.15) is 29.3 Å². The molecule has 0 spiro atoms. The van der Waals surface area contributed by atoms with Crippen LogP contribution in [-0.4, -0.2) is 34.9 Å². The van der Waals surface area contributed by atoms with Gasteiger partial charge in [0.15, 0.2) is 0 Å². The van der Waals surface area contributed by atoms with Crippen LogP contribution in [-0.2, 0) is 20.9 Å². The van der Waals surface area contributed by atoms with Crippen molar-refractivity contribution in [2.45, 2.75) is 32.2 Å². The van der Waals surface area contributed by atoms with E-state index in [1.807, 2.05) is 0 Å². The van der Waals surface area contributed by atoms with Crippen LogP contribution in [0.25, 0.3) is 0 Å². The summed E-state index contributed by atoms with van der Waals surface area (Å²) in [4.78, 5) is 36.4.